The molecule has 1 N–H and O–H groups in total. The van der Waals surface area contributed by atoms with Crippen molar-refractivity contribution in [2.45, 2.75) is 30.5 Å². The van der Waals surface area contributed by atoms with Crippen molar-refractivity contribution in [2.24, 2.45) is 5.92 Å². The zero-order valence-electron chi connectivity index (χ0n) is 10.3. The first-order chi connectivity index (χ1) is 8.40. The van der Waals surface area contributed by atoms with Crippen LogP contribution < -0.4 is 4.72 Å². The summed E-state index contributed by atoms with van der Waals surface area (Å²) in [4.78, 5) is 0. The second-order valence-corrected chi connectivity index (χ2v) is 8.87. The van der Waals surface area contributed by atoms with Gasteiger partial charge in [0.1, 0.15) is 4.21 Å². The minimum Gasteiger partial charge on any atom is -0.381 e. The molecule has 0 spiro atoms. The molecule has 0 saturated carbocycles. The SMILES string of the molecule is Cc1cc(S(=O)(=O)NC(C)C2CCOC2)sc1Br. The predicted octanol–water partition coefficient (Wildman–Crippen LogP) is 2.52. The molecule has 1 saturated heterocycles. The Morgan fingerprint density at radius 3 is 2.83 bits per heavy atom. The van der Waals surface area contributed by atoms with Gasteiger partial charge in [0.2, 0.25) is 10.0 Å². The monoisotopic (exact) mass is 353 g/mol. The molecule has 2 heterocycles. The van der Waals surface area contributed by atoms with Gasteiger partial charge in [-0.1, -0.05) is 0 Å². The number of ether oxygens (including phenoxy) is 1. The molecular weight excluding hydrogens is 338 g/mol. The van der Waals surface area contributed by atoms with E-state index in [0.717, 1.165) is 22.4 Å². The van der Waals surface area contributed by atoms with Gasteiger partial charge in [-0.15, -0.1) is 11.3 Å². The second kappa shape index (κ2) is 5.58. The largest absolute Gasteiger partial charge is 0.381 e. The minimum absolute atomic E-state index is 0.0984. The Bertz CT molecular complexity index is 501. The van der Waals surface area contributed by atoms with Crippen LogP contribution in [0.25, 0.3) is 0 Å². The van der Waals surface area contributed by atoms with Crippen LogP contribution in [-0.4, -0.2) is 27.7 Å². The fourth-order valence-electron chi connectivity index (χ4n) is 1.91. The first kappa shape index (κ1) is 14.5. The van der Waals surface area contributed by atoms with Crippen LogP contribution in [0.1, 0.15) is 18.9 Å². The van der Waals surface area contributed by atoms with E-state index in [0.29, 0.717) is 10.8 Å². The van der Waals surface area contributed by atoms with Crippen molar-refractivity contribution in [3.63, 3.8) is 0 Å². The molecule has 4 nitrogen and oxygen atoms in total. The normalized spacial score (nSPS) is 22.3. The Morgan fingerprint density at radius 1 is 1.61 bits per heavy atom. The highest BCUT2D eigenvalue weighted by atomic mass is 79.9. The lowest BCUT2D eigenvalue weighted by atomic mass is 10.0. The van der Waals surface area contributed by atoms with E-state index >= 15 is 0 Å². The maximum atomic E-state index is 12.2. The van der Waals surface area contributed by atoms with Crippen LogP contribution in [0.3, 0.4) is 0 Å². The van der Waals surface area contributed by atoms with Crippen molar-refractivity contribution in [2.75, 3.05) is 13.2 Å². The summed E-state index contributed by atoms with van der Waals surface area (Å²) in [6, 6.07) is 1.59. The number of sulfonamides is 1. The van der Waals surface area contributed by atoms with Crippen LogP contribution in [0, 0.1) is 12.8 Å². The van der Waals surface area contributed by atoms with Gasteiger partial charge in [-0.3, -0.25) is 0 Å². The highest BCUT2D eigenvalue weighted by Gasteiger charge is 2.27. The average molecular weight is 354 g/mol. The molecule has 0 amide bonds. The summed E-state index contributed by atoms with van der Waals surface area (Å²) in [6.45, 7) is 5.14. The number of rotatable bonds is 4. The first-order valence-corrected chi connectivity index (χ1v) is 8.85. The van der Waals surface area contributed by atoms with E-state index in [1.54, 1.807) is 6.07 Å². The molecule has 1 aliphatic heterocycles. The van der Waals surface area contributed by atoms with E-state index in [2.05, 4.69) is 20.7 Å². The number of aryl methyl sites for hydroxylation is 1. The molecule has 102 valence electrons. The van der Waals surface area contributed by atoms with Gasteiger partial charge in [-0.2, -0.15) is 0 Å². The average Bonchev–Trinajstić information content (AvgIpc) is 2.89. The van der Waals surface area contributed by atoms with Crippen LogP contribution >= 0.6 is 27.3 Å². The van der Waals surface area contributed by atoms with E-state index in [1.165, 1.54) is 11.3 Å². The highest BCUT2D eigenvalue weighted by molar-refractivity contribution is 9.11. The van der Waals surface area contributed by atoms with E-state index in [4.69, 9.17) is 4.74 Å². The predicted molar refractivity (Wildman–Crippen MR) is 75.5 cm³/mol. The minimum atomic E-state index is -3.42. The molecule has 1 aliphatic rings. The van der Waals surface area contributed by atoms with Crippen LogP contribution in [0.4, 0.5) is 0 Å². The van der Waals surface area contributed by atoms with Gasteiger partial charge in [0.15, 0.2) is 0 Å². The summed E-state index contributed by atoms with van der Waals surface area (Å²) in [6.07, 6.45) is 0.914. The number of hydrogen-bond donors (Lipinski definition) is 1. The van der Waals surface area contributed by atoms with Gasteiger partial charge >= 0.3 is 0 Å². The Hall–Kier alpha value is 0.0500. The van der Waals surface area contributed by atoms with Crippen molar-refractivity contribution >= 4 is 37.3 Å². The molecule has 1 aromatic heterocycles. The highest BCUT2D eigenvalue weighted by Crippen LogP contribution is 2.31. The third kappa shape index (κ3) is 3.14. The molecule has 1 aromatic rings. The summed E-state index contributed by atoms with van der Waals surface area (Å²) in [5, 5.41) is 0. The van der Waals surface area contributed by atoms with Crippen molar-refractivity contribution in [3.8, 4) is 0 Å². The molecule has 7 heteroatoms. The molecular formula is C11H16BrNO3S2. The van der Waals surface area contributed by atoms with Gasteiger partial charge in [0, 0.05) is 18.6 Å². The maximum Gasteiger partial charge on any atom is 0.250 e. The summed E-state index contributed by atoms with van der Waals surface area (Å²) in [5.74, 6) is 0.268. The summed E-state index contributed by atoms with van der Waals surface area (Å²) < 4.78 is 33.6. The molecule has 2 rings (SSSR count). The van der Waals surface area contributed by atoms with Crippen LogP contribution in [0.15, 0.2) is 14.1 Å². The standard InChI is InChI=1S/C11H16BrNO3S2/c1-7-5-10(17-11(7)12)18(14,15)13-8(2)9-3-4-16-6-9/h5,8-9,13H,3-4,6H2,1-2H3. The topological polar surface area (TPSA) is 55.4 Å². The van der Waals surface area contributed by atoms with Crippen LogP contribution in [0.2, 0.25) is 0 Å². The Labute approximate surface area is 120 Å². The molecule has 2 unspecified atom stereocenters. The fraction of sp³-hybridized carbons (Fsp3) is 0.636. The Morgan fingerprint density at radius 2 is 2.33 bits per heavy atom. The molecule has 0 radical (unpaired) electrons. The lowest BCUT2D eigenvalue weighted by molar-refractivity contribution is 0.180. The van der Waals surface area contributed by atoms with Gasteiger partial charge in [-0.25, -0.2) is 13.1 Å². The molecule has 0 bridgehead atoms. The number of hydrogen-bond acceptors (Lipinski definition) is 4. The van der Waals surface area contributed by atoms with E-state index in [9.17, 15) is 8.42 Å². The lowest BCUT2D eigenvalue weighted by Crippen LogP contribution is -2.38. The van der Waals surface area contributed by atoms with Crippen molar-refractivity contribution in [1.29, 1.82) is 0 Å². The third-order valence-electron chi connectivity index (χ3n) is 3.11. The number of nitrogens with one attached hydrogen (secondary N) is 1. The van der Waals surface area contributed by atoms with E-state index < -0.39 is 10.0 Å². The lowest BCUT2D eigenvalue weighted by Gasteiger charge is -2.18. The van der Waals surface area contributed by atoms with Gasteiger partial charge < -0.3 is 4.74 Å². The molecule has 0 aromatic carbocycles. The van der Waals surface area contributed by atoms with Crippen molar-refractivity contribution < 1.29 is 13.2 Å². The Balaban J connectivity index is 2.11. The zero-order valence-corrected chi connectivity index (χ0v) is 13.5. The quantitative estimate of drug-likeness (QED) is 0.904. The molecule has 1 fully saturated rings. The maximum absolute atomic E-state index is 12.2. The van der Waals surface area contributed by atoms with Crippen molar-refractivity contribution in [1.82, 2.24) is 4.72 Å². The molecule has 0 aliphatic carbocycles. The van der Waals surface area contributed by atoms with E-state index in [1.807, 2.05) is 13.8 Å². The second-order valence-electron chi connectivity index (χ2n) is 4.56. The Kier molecular flexibility index (Phi) is 4.48. The zero-order chi connectivity index (χ0) is 13.3. The fourth-order valence-corrected chi connectivity index (χ4v) is 5.46. The van der Waals surface area contributed by atoms with Crippen molar-refractivity contribution in [3.05, 3.63) is 15.4 Å². The molecule has 2 atom stereocenters. The smallest absolute Gasteiger partial charge is 0.250 e. The molecule has 18 heavy (non-hydrogen) atoms. The van der Waals surface area contributed by atoms with E-state index in [-0.39, 0.29) is 12.0 Å². The van der Waals surface area contributed by atoms with Crippen LogP contribution in [-0.2, 0) is 14.8 Å². The van der Waals surface area contributed by atoms with Gasteiger partial charge in [0.05, 0.1) is 10.4 Å². The first-order valence-electron chi connectivity index (χ1n) is 5.76. The summed E-state index contributed by atoms with van der Waals surface area (Å²) in [5.41, 5.74) is 0.942. The number of thiophene rings is 1. The summed E-state index contributed by atoms with van der Waals surface area (Å²) >= 11 is 4.59. The summed E-state index contributed by atoms with van der Waals surface area (Å²) in [7, 11) is -3.42. The van der Waals surface area contributed by atoms with Gasteiger partial charge in [0.25, 0.3) is 0 Å². The van der Waals surface area contributed by atoms with Gasteiger partial charge in [-0.05, 0) is 47.8 Å². The van der Waals surface area contributed by atoms with Crippen LogP contribution in [0.5, 0.6) is 0 Å². The third-order valence-corrected chi connectivity index (χ3v) is 7.28. The number of halogens is 1.